The monoisotopic (exact) mass is 432 g/mol. The number of H-pyrrole nitrogens is 1. The van der Waals surface area contributed by atoms with Crippen LogP contribution in [0.1, 0.15) is 19.3 Å². The number of amides is 1. The Morgan fingerprint density at radius 3 is 2.81 bits per heavy atom. The minimum Gasteiger partial charge on any atom is -0.508 e. The zero-order valence-electron chi connectivity index (χ0n) is 18.2. The van der Waals surface area contributed by atoms with Gasteiger partial charge in [0.05, 0.1) is 23.6 Å². The highest BCUT2D eigenvalue weighted by molar-refractivity contribution is 5.90. The lowest BCUT2D eigenvalue weighted by atomic mass is 10.0. The zero-order chi connectivity index (χ0) is 22.1. The number of rotatable bonds is 5. The summed E-state index contributed by atoms with van der Waals surface area (Å²) in [6.07, 6.45) is 8.58. The molecule has 166 valence electrons. The fourth-order valence-electron chi connectivity index (χ4n) is 4.62. The van der Waals surface area contributed by atoms with Crippen molar-refractivity contribution in [3.05, 3.63) is 54.7 Å². The van der Waals surface area contributed by atoms with Crippen LogP contribution in [0.3, 0.4) is 0 Å². The van der Waals surface area contributed by atoms with Crippen LogP contribution in [-0.2, 0) is 4.79 Å². The van der Waals surface area contributed by atoms with Crippen LogP contribution < -0.4 is 4.74 Å². The van der Waals surface area contributed by atoms with Crippen molar-refractivity contribution in [2.75, 3.05) is 26.7 Å². The molecular formula is C25H28N4O3. The van der Waals surface area contributed by atoms with Crippen LogP contribution in [-0.4, -0.2) is 69.8 Å². The van der Waals surface area contributed by atoms with Gasteiger partial charge in [0.2, 0.25) is 5.91 Å². The van der Waals surface area contributed by atoms with Gasteiger partial charge in [-0.25, -0.2) is 0 Å². The number of ether oxygens (including phenoxy) is 1. The van der Waals surface area contributed by atoms with Crippen LogP contribution in [0.2, 0.25) is 0 Å². The summed E-state index contributed by atoms with van der Waals surface area (Å²) < 4.78 is 6.37. The third kappa shape index (κ3) is 4.21. The molecule has 2 fully saturated rings. The zero-order valence-corrected chi connectivity index (χ0v) is 18.2. The van der Waals surface area contributed by atoms with Crippen molar-refractivity contribution in [1.82, 2.24) is 20.0 Å². The summed E-state index contributed by atoms with van der Waals surface area (Å²) in [5, 5.41) is 17.7. The highest BCUT2D eigenvalue weighted by Crippen LogP contribution is 2.33. The van der Waals surface area contributed by atoms with Gasteiger partial charge in [0, 0.05) is 25.1 Å². The Morgan fingerprint density at radius 2 is 2.03 bits per heavy atom. The smallest absolute Gasteiger partial charge is 0.246 e. The van der Waals surface area contributed by atoms with E-state index in [1.807, 2.05) is 35.2 Å². The summed E-state index contributed by atoms with van der Waals surface area (Å²) in [7, 11) is 2.11. The molecule has 0 unspecified atom stereocenters. The molecule has 2 aliphatic rings. The molecule has 2 atom stereocenters. The first kappa shape index (κ1) is 20.6. The maximum atomic E-state index is 12.7. The predicted octanol–water partition coefficient (Wildman–Crippen LogP) is 3.57. The largest absolute Gasteiger partial charge is 0.508 e. The molecule has 5 rings (SSSR count). The minimum absolute atomic E-state index is 0.0581. The highest BCUT2D eigenvalue weighted by atomic mass is 16.5. The van der Waals surface area contributed by atoms with Crippen LogP contribution in [0.15, 0.2) is 54.7 Å². The molecule has 7 heteroatoms. The molecule has 2 N–H and O–H groups in total. The maximum absolute atomic E-state index is 12.7. The van der Waals surface area contributed by atoms with Crippen LogP contribution in [0.5, 0.6) is 11.5 Å². The van der Waals surface area contributed by atoms with E-state index in [2.05, 4.69) is 22.1 Å². The molecule has 0 radical (unpaired) electrons. The normalized spacial score (nSPS) is 21.7. The standard InChI is InChI=1S/C25H28N4O3/c1-28-11-2-3-19(28)6-9-25(31)29-12-10-21(16-29)32-24-14-18(13-23-22(24)15-26-27-23)17-4-7-20(30)8-5-17/h4-9,13-15,19,21,30H,2-3,10-12,16H2,1H3,(H,26,27)/b9-6+/t19-,21+/m1/s1. The second kappa shape index (κ2) is 8.67. The number of aromatic nitrogens is 2. The molecule has 3 aromatic rings. The van der Waals surface area contributed by atoms with Gasteiger partial charge in [-0.3, -0.25) is 14.8 Å². The van der Waals surface area contributed by atoms with E-state index >= 15 is 0 Å². The van der Waals surface area contributed by atoms with E-state index in [1.54, 1.807) is 24.4 Å². The molecule has 3 heterocycles. The first-order valence-corrected chi connectivity index (χ1v) is 11.2. The SMILES string of the molecule is CN1CCC[C@@H]1/C=C/C(=O)N1CC[C@H](Oc2cc(-c3ccc(O)cc3)cc3[nH]ncc23)C1. The summed E-state index contributed by atoms with van der Waals surface area (Å²) in [5.74, 6) is 1.04. The number of carbonyl (C=O) groups is 1. The number of nitrogens with zero attached hydrogens (tertiary/aromatic N) is 3. The van der Waals surface area contributed by atoms with Crippen LogP contribution in [0.25, 0.3) is 22.0 Å². The van der Waals surface area contributed by atoms with Gasteiger partial charge in [-0.1, -0.05) is 18.2 Å². The first-order valence-electron chi connectivity index (χ1n) is 11.2. The highest BCUT2D eigenvalue weighted by Gasteiger charge is 2.28. The van der Waals surface area contributed by atoms with Gasteiger partial charge in [0.1, 0.15) is 17.6 Å². The van der Waals surface area contributed by atoms with E-state index in [-0.39, 0.29) is 17.8 Å². The number of phenolic OH excluding ortho intramolecular Hbond substituents is 1. The molecule has 0 spiro atoms. The van der Waals surface area contributed by atoms with Gasteiger partial charge >= 0.3 is 0 Å². The van der Waals surface area contributed by atoms with Gasteiger partial charge in [-0.2, -0.15) is 5.10 Å². The molecule has 1 aromatic heterocycles. The number of likely N-dealkylation sites (N-methyl/N-ethyl adjacent to an activating group) is 1. The fourth-order valence-corrected chi connectivity index (χ4v) is 4.62. The Morgan fingerprint density at radius 1 is 1.19 bits per heavy atom. The van der Waals surface area contributed by atoms with Crippen molar-refractivity contribution in [1.29, 1.82) is 0 Å². The van der Waals surface area contributed by atoms with E-state index in [0.717, 1.165) is 47.2 Å². The lowest BCUT2D eigenvalue weighted by molar-refractivity contribution is -0.125. The van der Waals surface area contributed by atoms with E-state index in [4.69, 9.17) is 4.74 Å². The third-order valence-corrected chi connectivity index (χ3v) is 6.51. The Labute approximate surface area is 187 Å². The molecule has 0 saturated carbocycles. The van der Waals surface area contributed by atoms with Gasteiger partial charge in [-0.15, -0.1) is 0 Å². The lowest BCUT2D eigenvalue weighted by Gasteiger charge is -2.18. The second-order valence-electron chi connectivity index (χ2n) is 8.71. The van der Waals surface area contributed by atoms with Gasteiger partial charge in [0.15, 0.2) is 0 Å². The quantitative estimate of drug-likeness (QED) is 0.603. The Balaban J connectivity index is 1.29. The lowest BCUT2D eigenvalue weighted by Crippen LogP contribution is -2.30. The average Bonchev–Trinajstić information content (AvgIpc) is 3.54. The Bertz CT molecular complexity index is 1140. The number of hydrogen-bond acceptors (Lipinski definition) is 5. The number of aromatic hydroxyl groups is 1. The fraction of sp³-hybridized carbons (Fsp3) is 0.360. The summed E-state index contributed by atoms with van der Waals surface area (Å²) in [6.45, 7) is 2.36. The molecule has 0 aliphatic carbocycles. The number of benzene rings is 2. The second-order valence-corrected chi connectivity index (χ2v) is 8.71. The van der Waals surface area contributed by atoms with E-state index in [1.165, 1.54) is 6.42 Å². The van der Waals surface area contributed by atoms with E-state index < -0.39 is 0 Å². The van der Waals surface area contributed by atoms with E-state index in [9.17, 15) is 9.90 Å². The number of carbonyl (C=O) groups excluding carboxylic acids is 1. The van der Waals surface area contributed by atoms with Crippen molar-refractivity contribution in [3.63, 3.8) is 0 Å². The summed E-state index contributed by atoms with van der Waals surface area (Å²) in [4.78, 5) is 16.8. The molecule has 2 aliphatic heterocycles. The van der Waals surface area contributed by atoms with Crippen molar-refractivity contribution in [2.24, 2.45) is 0 Å². The van der Waals surface area contributed by atoms with Crippen LogP contribution in [0, 0.1) is 0 Å². The molecule has 2 saturated heterocycles. The van der Waals surface area contributed by atoms with Crippen molar-refractivity contribution in [2.45, 2.75) is 31.4 Å². The summed E-state index contributed by atoms with van der Waals surface area (Å²) in [5.41, 5.74) is 2.85. The Hall–Kier alpha value is -3.32. The third-order valence-electron chi connectivity index (χ3n) is 6.51. The molecule has 1 amide bonds. The topological polar surface area (TPSA) is 81.7 Å². The number of fused-ring (bicyclic) bond motifs is 1. The molecular weight excluding hydrogens is 404 g/mol. The van der Waals surface area contributed by atoms with Crippen molar-refractivity contribution in [3.8, 4) is 22.6 Å². The summed E-state index contributed by atoms with van der Waals surface area (Å²) >= 11 is 0. The van der Waals surface area contributed by atoms with Crippen LogP contribution in [0.4, 0.5) is 0 Å². The molecule has 32 heavy (non-hydrogen) atoms. The van der Waals surface area contributed by atoms with Gasteiger partial charge in [0.25, 0.3) is 0 Å². The number of phenols is 1. The average molecular weight is 433 g/mol. The molecule has 7 nitrogen and oxygen atoms in total. The van der Waals surface area contributed by atoms with Gasteiger partial charge in [-0.05, 0) is 61.8 Å². The number of aromatic amines is 1. The molecule has 2 aromatic carbocycles. The van der Waals surface area contributed by atoms with Crippen molar-refractivity contribution >= 4 is 16.8 Å². The number of hydrogen-bond donors (Lipinski definition) is 2. The predicted molar refractivity (Wildman–Crippen MR) is 124 cm³/mol. The van der Waals surface area contributed by atoms with Crippen molar-refractivity contribution < 1.29 is 14.6 Å². The van der Waals surface area contributed by atoms with Crippen LogP contribution >= 0.6 is 0 Å². The number of likely N-dealkylation sites (tertiary alicyclic amines) is 2. The van der Waals surface area contributed by atoms with E-state index in [0.29, 0.717) is 19.1 Å². The first-order chi connectivity index (χ1) is 15.6. The maximum Gasteiger partial charge on any atom is 0.246 e. The Kier molecular flexibility index (Phi) is 5.57. The number of nitrogens with one attached hydrogen (secondary N) is 1. The summed E-state index contributed by atoms with van der Waals surface area (Å²) in [6, 6.07) is 11.5. The van der Waals surface area contributed by atoms with Gasteiger partial charge < -0.3 is 14.7 Å². The molecule has 0 bridgehead atoms. The minimum atomic E-state index is -0.0605.